The first kappa shape index (κ1) is 13.4. The molecular weight excluding hydrogens is 218 g/mol. The van der Waals surface area contributed by atoms with E-state index in [9.17, 15) is 4.79 Å². The predicted molar refractivity (Wildman–Crippen MR) is 66.2 cm³/mol. The van der Waals surface area contributed by atoms with Crippen LogP contribution in [-0.4, -0.2) is 19.8 Å². The van der Waals surface area contributed by atoms with Crippen LogP contribution in [0.25, 0.3) is 0 Å². The van der Waals surface area contributed by atoms with Crippen LogP contribution < -0.4 is 10.1 Å². The standard InChI is InChI=1S/C13H19NO3/c1-4-9-17-13(15)14-10(2)11-5-7-12(16-3)8-6-11/h5-8,10H,4,9H2,1-3H3,(H,14,15). The van der Waals surface area contributed by atoms with Crippen molar-refractivity contribution in [3.8, 4) is 5.75 Å². The molecule has 4 nitrogen and oxygen atoms in total. The fourth-order valence-corrected chi connectivity index (χ4v) is 1.39. The number of carbonyl (C=O) groups is 1. The lowest BCUT2D eigenvalue weighted by atomic mass is 10.1. The molecule has 0 aliphatic carbocycles. The highest BCUT2D eigenvalue weighted by molar-refractivity contribution is 5.67. The number of benzene rings is 1. The predicted octanol–water partition coefficient (Wildman–Crippen LogP) is 2.89. The van der Waals surface area contributed by atoms with Gasteiger partial charge in [-0.15, -0.1) is 0 Å². The molecule has 1 N–H and O–H groups in total. The Bertz CT molecular complexity index is 348. The summed E-state index contributed by atoms with van der Waals surface area (Å²) in [6.45, 7) is 4.32. The summed E-state index contributed by atoms with van der Waals surface area (Å²) in [6, 6.07) is 7.49. The Kier molecular flexibility index (Phi) is 5.33. The summed E-state index contributed by atoms with van der Waals surface area (Å²) in [4.78, 5) is 11.4. The van der Waals surface area contributed by atoms with E-state index >= 15 is 0 Å². The summed E-state index contributed by atoms with van der Waals surface area (Å²) in [5.41, 5.74) is 1.01. The highest BCUT2D eigenvalue weighted by Gasteiger charge is 2.09. The molecule has 0 aliphatic heterocycles. The van der Waals surface area contributed by atoms with E-state index in [2.05, 4.69) is 5.32 Å². The van der Waals surface area contributed by atoms with Crippen molar-refractivity contribution in [1.82, 2.24) is 5.32 Å². The lowest BCUT2D eigenvalue weighted by Crippen LogP contribution is -2.27. The van der Waals surface area contributed by atoms with Gasteiger partial charge in [-0.2, -0.15) is 0 Å². The number of rotatable bonds is 5. The second-order valence-electron chi connectivity index (χ2n) is 3.78. The molecule has 1 unspecified atom stereocenters. The van der Waals surface area contributed by atoms with Crippen molar-refractivity contribution in [3.05, 3.63) is 29.8 Å². The maximum atomic E-state index is 11.4. The van der Waals surface area contributed by atoms with Crippen LogP contribution in [0.15, 0.2) is 24.3 Å². The fraction of sp³-hybridized carbons (Fsp3) is 0.462. The van der Waals surface area contributed by atoms with Crippen molar-refractivity contribution in [3.63, 3.8) is 0 Å². The van der Waals surface area contributed by atoms with Gasteiger partial charge in [0.1, 0.15) is 5.75 Å². The summed E-state index contributed by atoms with van der Waals surface area (Å²) < 4.78 is 10.0. The van der Waals surface area contributed by atoms with E-state index in [0.29, 0.717) is 6.61 Å². The molecule has 0 heterocycles. The second kappa shape index (κ2) is 6.78. The zero-order valence-corrected chi connectivity index (χ0v) is 10.5. The van der Waals surface area contributed by atoms with E-state index in [0.717, 1.165) is 17.7 Å². The number of ether oxygens (including phenoxy) is 2. The van der Waals surface area contributed by atoms with Gasteiger partial charge in [0.25, 0.3) is 0 Å². The Labute approximate surface area is 102 Å². The molecule has 0 fully saturated rings. The Morgan fingerprint density at radius 1 is 1.35 bits per heavy atom. The van der Waals surface area contributed by atoms with E-state index < -0.39 is 0 Å². The molecule has 94 valence electrons. The summed E-state index contributed by atoms with van der Waals surface area (Å²) >= 11 is 0. The third-order valence-electron chi connectivity index (χ3n) is 2.39. The van der Waals surface area contributed by atoms with Gasteiger partial charge in [0.2, 0.25) is 0 Å². The van der Waals surface area contributed by atoms with Crippen LogP contribution in [0.5, 0.6) is 5.75 Å². The van der Waals surface area contributed by atoms with Crippen LogP contribution in [-0.2, 0) is 4.74 Å². The molecular formula is C13H19NO3. The summed E-state index contributed by atoms with van der Waals surface area (Å²) in [5, 5.41) is 2.77. The molecule has 0 saturated carbocycles. The van der Waals surface area contributed by atoms with Gasteiger partial charge >= 0.3 is 6.09 Å². The average molecular weight is 237 g/mol. The average Bonchev–Trinajstić information content (AvgIpc) is 2.36. The van der Waals surface area contributed by atoms with Gasteiger partial charge in [0.15, 0.2) is 0 Å². The van der Waals surface area contributed by atoms with Crippen LogP contribution in [0, 0.1) is 0 Å². The van der Waals surface area contributed by atoms with E-state index in [1.54, 1.807) is 7.11 Å². The molecule has 0 radical (unpaired) electrons. The number of hydrogen-bond acceptors (Lipinski definition) is 3. The van der Waals surface area contributed by atoms with Gasteiger partial charge < -0.3 is 14.8 Å². The minimum Gasteiger partial charge on any atom is -0.497 e. The summed E-state index contributed by atoms with van der Waals surface area (Å²) in [7, 11) is 1.62. The maximum Gasteiger partial charge on any atom is 0.407 e. The first-order chi connectivity index (χ1) is 8.17. The van der Waals surface area contributed by atoms with Crippen LogP contribution in [0.1, 0.15) is 31.9 Å². The van der Waals surface area contributed by atoms with E-state index in [1.165, 1.54) is 0 Å². The zero-order chi connectivity index (χ0) is 12.7. The van der Waals surface area contributed by atoms with Gasteiger partial charge in [-0.05, 0) is 31.0 Å². The van der Waals surface area contributed by atoms with E-state index in [4.69, 9.17) is 9.47 Å². The molecule has 4 heteroatoms. The van der Waals surface area contributed by atoms with Gasteiger partial charge in [0.05, 0.1) is 19.8 Å². The largest absolute Gasteiger partial charge is 0.497 e. The number of nitrogens with one attached hydrogen (secondary N) is 1. The van der Waals surface area contributed by atoms with Crippen LogP contribution in [0.2, 0.25) is 0 Å². The van der Waals surface area contributed by atoms with Crippen molar-refractivity contribution >= 4 is 6.09 Å². The van der Waals surface area contributed by atoms with Gasteiger partial charge in [-0.25, -0.2) is 4.79 Å². The van der Waals surface area contributed by atoms with Crippen LogP contribution >= 0.6 is 0 Å². The number of amides is 1. The van der Waals surface area contributed by atoms with Gasteiger partial charge in [-0.3, -0.25) is 0 Å². The smallest absolute Gasteiger partial charge is 0.407 e. The topological polar surface area (TPSA) is 47.6 Å². The highest BCUT2D eigenvalue weighted by Crippen LogP contribution is 2.17. The van der Waals surface area contributed by atoms with Crippen molar-refractivity contribution in [1.29, 1.82) is 0 Å². The van der Waals surface area contributed by atoms with Gasteiger partial charge in [0, 0.05) is 0 Å². The van der Waals surface area contributed by atoms with E-state index in [-0.39, 0.29) is 12.1 Å². The molecule has 1 atom stereocenters. The minimum atomic E-state index is -0.379. The molecule has 1 amide bonds. The third-order valence-corrected chi connectivity index (χ3v) is 2.39. The molecule has 0 spiro atoms. The first-order valence-electron chi connectivity index (χ1n) is 5.74. The molecule has 0 aliphatic rings. The number of carbonyl (C=O) groups excluding carboxylic acids is 1. The van der Waals surface area contributed by atoms with Gasteiger partial charge in [-0.1, -0.05) is 19.1 Å². The van der Waals surface area contributed by atoms with Crippen molar-refractivity contribution in [2.45, 2.75) is 26.3 Å². The zero-order valence-electron chi connectivity index (χ0n) is 10.5. The minimum absolute atomic E-state index is 0.0785. The number of hydrogen-bond donors (Lipinski definition) is 1. The SMILES string of the molecule is CCCOC(=O)NC(C)c1ccc(OC)cc1. The Morgan fingerprint density at radius 2 is 2.00 bits per heavy atom. The highest BCUT2D eigenvalue weighted by atomic mass is 16.5. The number of alkyl carbamates (subject to hydrolysis) is 1. The Hall–Kier alpha value is -1.71. The molecule has 0 saturated heterocycles. The van der Waals surface area contributed by atoms with Crippen LogP contribution in [0.4, 0.5) is 4.79 Å². The normalized spacial score (nSPS) is 11.7. The molecule has 1 rings (SSSR count). The Morgan fingerprint density at radius 3 is 2.53 bits per heavy atom. The lowest BCUT2D eigenvalue weighted by molar-refractivity contribution is 0.143. The monoisotopic (exact) mass is 237 g/mol. The van der Waals surface area contributed by atoms with Crippen molar-refractivity contribution < 1.29 is 14.3 Å². The molecule has 17 heavy (non-hydrogen) atoms. The van der Waals surface area contributed by atoms with Crippen molar-refractivity contribution in [2.24, 2.45) is 0 Å². The maximum absolute atomic E-state index is 11.4. The number of methoxy groups -OCH3 is 1. The molecule has 1 aromatic carbocycles. The molecule has 1 aromatic rings. The third kappa shape index (κ3) is 4.34. The first-order valence-corrected chi connectivity index (χ1v) is 5.74. The molecule has 0 aromatic heterocycles. The lowest BCUT2D eigenvalue weighted by Gasteiger charge is -2.14. The quantitative estimate of drug-likeness (QED) is 0.856. The summed E-state index contributed by atoms with van der Waals surface area (Å²) in [6.07, 6.45) is 0.444. The Balaban J connectivity index is 2.51. The van der Waals surface area contributed by atoms with E-state index in [1.807, 2.05) is 38.1 Å². The molecule has 0 bridgehead atoms. The van der Waals surface area contributed by atoms with Crippen LogP contribution in [0.3, 0.4) is 0 Å². The fourth-order valence-electron chi connectivity index (χ4n) is 1.39. The summed E-state index contributed by atoms with van der Waals surface area (Å²) in [5.74, 6) is 0.800. The second-order valence-corrected chi connectivity index (χ2v) is 3.78. The van der Waals surface area contributed by atoms with Crippen molar-refractivity contribution in [2.75, 3.05) is 13.7 Å².